The highest BCUT2D eigenvalue weighted by Crippen LogP contribution is 2.15. The SMILES string of the molecule is CCCCCCCCCCC(F)COc1ccc(C(=O)[S-])cc1. The predicted octanol–water partition coefficient (Wildman–Crippen LogP) is 5.62. The summed E-state index contributed by atoms with van der Waals surface area (Å²) in [6.45, 7) is 2.29. The fourth-order valence-electron chi connectivity index (χ4n) is 2.46. The third-order valence-electron chi connectivity index (χ3n) is 3.89. The number of hydrogen-bond donors (Lipinski definition) is 0. The second-order valence-corrected chi connectivity index (χ2v) is 6.35. The van der Waals surface area contributed by atoms with Crippen molar-refractivity contribution in [1.82, 2.24) is 0 Å². The van der Waals surface area contributed by atoms with Gasteiger partial charge in [0, 0.05) is 5.12 Å². The molecule has 23 heavy (non-hydrogen) atoms. The number of ether oxygens (including phenoxy) is 1. The molecule has 0 saturated heterocycles. The molecule has 2 nitrogen and oxygen atoms in total. The van der Waals surface area contributed by atoms with E-state index in [1.54, 1.807) is 24.3 Å². The van der Waals surface area contributed by atoms with Crippen LogP contribution in [0.15, 0.2) is 24.3 Å². The van der Waals surface area contributed by atoms with Gasteiger partial charge in [0.05, 0.1) is 0 Å². The summed E-state index contributed by atoms with van der Waals surface area (Å²) in [7, 11) is 0. The first-order chi connectivity index (χ1) is 11.1. The number of alkyl halides is 1. The lowest BCUT2D eigenvalue weighted by atomic mass is 10.1. The van der Waals surface area contributed by atoms with Crippen molar-refractivity contribution < 1.29 is 13.9 Å². The van der Waals surface area contributed by atoms with Gasteiger partial charge < -0.3 is 22.2 Å². The third kappa shape index (κ3) is 9.54. The molecule has 0 saturated carbocycles. The third-order valence-corrected chi connectivity index (χ3v) is 4.13. The zero-order valence-electron chi connectivity index (χ0n) is 14.1. The van der Waals surface area contributed by atoms with Crippen LogP contribution in [0.2, 0.25) is 0 Å². The molecule has 4 heteroatoms. The van der Waals surface area contributed by atoms with Gasteiger partial charge in [-0.1, -0.05) is 58.3 Å². The summed E-state index contributed by atoms with van der Waals surface area (Å²) < 4.78 is 19.2. The highest BCUT2D eigenvalue weighted by molar-refractivity contribution is 7.77. The smallest absolute Gasteiger partial charge is 0.134 e. The summed E-state index contributed by atoms with van der Waals surface area (Å²) in [5, 5.41) is -0.394. The monoisotopic (exact) mass is 339 g/mol. The quantitative estimate of drug-likeness (QED) is 0.344. The maximum Gasteiger partial charge on any atom is 0.134 e. The fraction of sp³-hybridized carbons (Fsp3) is 0.632. The molecule has 1 atom stereocenters. The van der Waals surface area contributed by atoms with Crippen LogP contribution in [0.25, 0.3) is 0 Å². The van der Waals surface area contributed by atoms with Crippen LogP contribution < -0.4 is 4.74 Å². The maximum atomic E-state index is 13.8. The first-order valence-corrected chi connectivity index (χ1v) is 9.12. The van der Waals surface area contributed by atoms with Gasteiger partial charge in [0.25, 0.3) is 0 Å². The largest absolute Gasteiger partial charge is 0.737 e. The van der Waals surface area contributed by atoms with Crippen LogP contribution in [0.1, 0.15) is 75.1 Å². The van der Waals surface area contributed by atoms with E-state index in [-0.39, 0.29) is 6.61 Å². The number of carbonyl (C=O) groups excluding carboxylic acids is 1. The van der Waals surface area contributed by atoms with Crippen molar-refractivity contribution in [2.24, 2.45) is 0 Å². The molecule has 130 valence electrons. The van der Waals surface area contributed by atoms with Gasteiger partial charge in [-0.05, 0) is 36.2 Å². The van der Waals surface area contributed by atoms with Crippen LogP contribution in [0.3, 0.4) is 0 Å². The van der Waals surface area contributed by atoms with Gasteiger partial charge in [-0.15, -0.1) is 0 Å². The molecule has 1 aromatic carbocycles. The molecule has 0 spiro atoms. The molecule has 0 aliphatic rings. The van der Waals surface area contributed by atoms with Crippen molar-refractivity contribution in [1.29, 1.82) is 0 Å². The van der Waals surface area contributed by atoms with Crippen molar-refractivity contribution in [2.45, 2.75) is 70.9 Å². The Morgan fingerprint density at radius 3 is 2.17 bits per heavy atom. The summed E-state index contributed by atoms with van der Waals surface area (Å²) in [6, 6.07) is 6.53. The van der Waals surface area contributed by atoms with Gasteiger partial charge >= 0.3 is 0 Å². The van der Waals surface area contributed by atoms with Gasteiger partial charge in [0.15, 0.2) is 0 Å². The second kappa shape index (κ2) is 12.3. The molecule has 0 amide bonds. The molecule has 0 bridgehead atoms. The van der Waals surface area contributed by atoms with E-state index in [1.807, 2.05) is 0 Å². The average Bonchev–Trinajstić information content (AvgIpc) is 2.55. The lowest BCUT2D eigenvalue weighted by Gasteiger charge is -2.11. The first-order valence-electron chi connectivity index (χ1n) is 8.71. The van der Waals surface area contributed by atoms with E-state index in [2.05, 4.69) is 19.6 Å². The van der Waals surface area contributed by atoms with E-state index in [1.165, 1.54) is 38.5 Å². The Kier molecular flexibility index (Phi) is 10.6. The summed E-state index contributed by atoms with van der Waals surface area (Å²) in [6.07, 6.45) is 9.33. The maximum absolute atomic E-state index is 13.8. The molecule has 1 unspecified atom stereocenters. The summed E-state index contributed by atoms with van der Waals surface area (Å²) in [5.74, 6) is 0.573. The normalized spacial score (nSPS) is 12.1. The molecule has 0 aliphatic heterocycles. The van der Waals surface area contributed by atoms with Crippen molar-refractivity contribution >= 4 is 17.7 Å². The number of unbranched alkanes of at least 4 members (excludes halogenated alkanes) is 7. The number of benzene rings is 1. The summed E-state index contributed by atoms with van der Waals surface area (Å²) >= 11 is 4.55. The Morgan fingerprint density at radius 1 is 1.04 bits per heavy atom. The standard InChI is InChI=1S/C19H29FO2S/c1-2-3-4-5-6-7-8-9-10-17(20)15-22-18-13-11-16(12-14-18)19(21)23/h11-14,17H,2-10,15H2,1H3,(H,21,23)/p-1. The highest BCUT2D eigenvalue weighted by Gasteiger charge is 2.07. The van der Waals surface area contributed by atoms with Crippen LogP contribution in [-0.4, -0.2) is 17.9 Å². The molecular weight excluding hydrogens is 311 g/mol. The number of halogens is 1. The summed E-state index contributed by atoms with van der Waals surface area (Å²) in [4.78, 5) is 11.0. The van der Waals surface area contributed by atoms with E-state index in [0.29, 0.717) is 17.7 Å². The molecule has 0 fully saturated rings. The van der Waals surface area contributed by atoms with Gasteiger partial charge in [-0.2, -0.15) is 0 Å². The Bertz CT molecular complexity index is 434. The van der Waals surface area contributed by atoms with E-state index < -0.39 is 11.3 Å². The van der Waals surface area contributed by atoms with E-state index in [9.17, 15) is 9.18 Å². The Morgan fingerprint density at radius 2 is 1.61 bits per heavy atom. The van der Waals surface area contributed by atoms with Crippen LogP contribution in [-0.2, 0) is 12.6 Å². The molecule has 0 aromatic heterocycles. The highest BCUT2D eigenvalue weighted by atomic mass is 32.1. The Hall–Kier alpha value is -1.16. The number of carbonyl (C=O) groups is 1. The number of hydrogen-bond acceptors (Lipinski definition) is 3. The van der Waals surface area contributed by atoms with Crippen LogP contribution in [0, 0.1) is 0 Å². The van der Waals surface area contributed by atoms with Crippen molar-refractivity contribution in [2.75, 3.05) is 6.61 Å². The molecule has 0 heterocycles. The van der Waals surface area contributed by atoms with Gasteiger partial charge in [0.1, 0.15) is 18.5 Å². The Labute approximate surface area is 145 Å². The van der Waals surface area contributed by atoms with Crippen LogP contribution in [0.4, 0.5) is 4.39 Å². The minimum atomic E-state index is -0.935. The van der Waals surface area contributed by atoms with Gasteiger partial charge in [0.2, 0.25) is 0 Å². The topological polar surface area (TPSA) is 26.3 Å². The number of rotatable bonds is 13. The van der Waals surface area contributed by atoms with E-state index in [4.69, 9.17) is 4.74 Å². The zero-order valence-corrected chi connectivity index (χ0v) is 14.9. The van der Waals surface area contributed by atoms with Gasteiger partial charge in [-0.25, -0.2) is 4.39 Å². The van der Waals surface area contributed by atoms with E-state index >= 15 is 0 Å². The van der Waals surface area contributed by atoms with Crippen LogP contribution in [0.5, 0.6) is 5.75 Å². The molecule has 1 aromatic rings. The van der Waals surface area contributed by atoms with E-state index in [0.717, 1.165) is 12.8 Å². The molecular formula is C19H28FO2S-. The fourth-order valence-corrected chi connectivity index (χ4v) is 2.59. The lowest BCUT2D eigenvalue weighted by Crippen LogP contribution is -2.12. The minimum absolute atomic E-state index is 0.0671. The minimum Gasteiger partial charge on any atom is -0.737 e. The predicted molar refractivity (Wildman–Crippen MR) is 95.8 cm³/mol. The first kappa shape index (κ1) is 19.9. The lowest BCUT2D eigenvalue weighted by molar-refractivity contribution is 0.109. The molecule has 0 aliphatic carbocycles. The van der Waals surface area contributed by atoms with Gasteiger partial charge in [-0.3, -0.25) is 0 Å². The molecule has 1 rings (SSSR count). The molecule has 0 N–H and O–H groups in total. The van der Waals surface area contributed by atoms with Crippen LogP contribution >= 0.6 is 0 Å². The second-order valence-electron chi connectivity index (χ2n) is 5.98. The zero-order chi connectivity index (χ0) is 16.9. The van der Waals surface area contributed by atoms with Crippen molar-refractivity contribution in [3.8, 4) is 5.75 Å². The average molecular weight is 339 g/mol. The Balaban J connectivity index is 2.05. The van der Waals surface area contributed by atoms with Crippen molar-refractivity contribution in [3.05, 3.63) is 29.8 Å². The van der Waals surface area contributed by atoms with Crippen molar-refractivity contribution in [3.63, 3.8) is 0 Å². The summed E-state index contributed by atoms with van der Waals surface area (Å²) in [5.41, 5.74) is 0.461. The molecule has 0 radical (unpaired) electrons.